The summed E-state index contributed by atoms with van der Waals surface area (Å²) < 4.78 is 4.76. The SMILES string of the molecule is COC(=O)c1ccc2c(=O)[nH]c(CN3CCCC3Cc3ccccc3)nc2c1. The lowest BCUT2D eigenvalue weighted by atomic mass is 10.0. The fraction of sp³-hybridized carbons (Fsp3) is 0.318. The van der Waals surface area contributed by atoms with Crippen LogP contribution >= 0.6 is 0 Å². The van der Waals surface area contributed by atoms with E-state index in [0.717, 1.165) is 25.8 Å². The molecule has 0 bridgehead atoms. The Kier molecular flexibility index (Phi) is 5.21. The van der Waals surface area contributed by atoms with Crippen LogP contribution in [0.5, 0.6) is 0 Å². The fourth-order valence-corrected chi connectivity index (χ4v) is 3.92. The second-order valence-corrected chi connectivity index (χ2v) is 7.19. The van der Waals surface area contributed by atoms with Gasteiger partial charge in [-0.1, -0.05) is 30.3 Å². The van der Waals surface area contributed by atoms with Crippen LogP contribution in [0, 0.1) is 0 Å². The van der Waals surface area contributed by atoms with Gasteiger partial charge in [-0.3, -0.25) is 9.69 Å². The zero-order chi connectivity index (χ0) is 19.5. The average molecular weight is 377 g/mol. The first-order valence-corrected chi connectivity index (χ1v) is 9.53. The zero-order valence-electron chi connectivity index (χ0n) is 15.9. The third-order valence-electron chi connectivity index (χ3n) is 5.34. The van der Waals surface area contributed by atoms with Crippen molar-refractivity contribution >= 4 is 16.9 Å². The molecule has 1 saturated heterocycles. The number of carbonyl (C=O) groups excluding carboxylic acids is 1. The quantitative estimate of drug-likeness (QED) is 0.692. The summed E-state index contributed by atoms with van der Waals surface area (Å²) in [5, 5.41) is 0.471. The van der Waals surface area contributed by atoms with Crippen molar-refractivity contribution in [2.45, 2.75) is 31.8 Å². The first kappa shape index (κ1) is 18.4. The van der Waals surface area contributed by atoms with Gasteiger partial charge in [-0.2, -0.15) is 0 Å². The minimum Gasteiger partial charge on any atom is -0.465 e. The number of fused-ring (bicyclic) bond motifs is 1. The molecule has 1 aliphatic rings. The van der Waals surface area contributed by atoms with Crippen molar-refractivity contribution in [1.82, 2.24) is 14.9 Å². The van der Waals surface area contributed by atoms with Crippen LogP contribution in [-0.4, -0.2) is 40.5 Å². The molecule has 1 aliphatic heterocycles. The van der Waals surface area contributed by atoms with Crippen LogP contribution in [0.25, 0.3) is 10.9 Å². The summed E-state index contributed by atoms with van der Waals surface area (Å²) in [6.45, 7) is 1.58. The number of methoxy groups -OCH3 is 1. The highest BCUT2D eigenvalue weighted by molar-refractivity contribution is 5.93. The fourth-order valence-electron chi connectivity index (χ4n) is 3.92. The van der Waals surface area contributed by atoms with Gasteiger partial charge in [-0.15, -0.1) is 0 Å². The molecule has 1 unspecified atom stereocenters. The van der Waals surface area contributed by atoms with E-state index in [0.29, 0.717) is 34.9 Å². The van der Waals surface area contributed by atoms with E-state index in [9.17, 15) is 9.59 Å². The highest BCUT2D eigenvalue weighted by atomic mass is 16.5. The van der Waals surface area contributed by atoms with Crippen molar-refractivity contribution in [3.63, 3.8) is 0 Å². The van der Waals surface area contributed by atoms with Crippen LogP contribution < -0.4 is 5.56 Å². The van der Waals surface area contributed by atoms with E-state index in [1.54, 1.807) is 18.2 Å². The maximum Gasteiger partial charge on any atom is 0.337 e. The normalized spacial score (nSPS) is 17.1. The average Bonchev–Trinajstić information content (AvgIpc) is 3.14. The van der Waals surface area contributed by atoms with Gasteiger partial charge < -0.3 is 9.72 Å². The maximum absolute atomic E-state index is 12.5. The number of nitrogens with one attached hydrogen (secondary N) is 1. The molecule has 1 N–H and O–H groups in total. The molecule has 28 heavy (non-hydrogen) atoms. The Morgan fingerprint density at radius 2 is 2.07 bits per heavy atom. The van der Waals surface area contributed by atoms with Crippen LogP contribution in [0.2, 0.25) is 0 Å². The molecular weight excluding hydrogens is 354 g/mol. The number of likely N-dealkylation sites (tertiary alicyclic amines) is 1. The standard InChI is InChI=1S/C22H23N3O3/c1-28-22(27)16-9-10-18-19(13-16)23-20(24-21(18)26)14-25-11-5-8-17(25)12-15-6-3-2-4-7-15/h2-4,6-7,9-10,13,17H,5,8,11-12,14H2,1H3,(H,23,24,26). The molecule has 0 amide bonds. The van der Waals surface area contributed by atoms with Crippen LogP contribution in [-0.2, 0) is 17.7 Å². The first-order valence-electron chi connectivity index (χ1n) is 9.53. The number of esters is 1. The number of aromatic amines is 1. The Hall–Kier alpha value is -2.99. The van der Waals surface area contributed by atoms with Gasteiger partial charge in [0.1, 0.15) is 5.82 Å². The predicted octanol–water partition coefficient (Wildman–Crippen LogP) is 2.92. The second kappa shape index (κ2) is 7.94. The molecule has 0 aliphatic carbocycles. The van der Waals surface area contributed by atoms with Crippen LogP contribution in [0.3, 0.4) is 0 Å². The largest absolute Gasteiger partial charge is 0.465 e. The molecule has 0 spiro atoms. The lowest BCUT2D eigenvalue weighted by Crippen LogP contribution is -2.32. The smallest absolute Gasteiger partial charge is 0.337 e. The number of benzene rings is 2. The molecule has 6 nitrogen and oxygen atoms in total. The number of carbonyl (C=O) groups is 1. The Morgan fingerprint density at radius 3 is 2.86 bits per heavy atom. The summed E-state index contributed by atoms with van der Waals surface area (Å²) in [4.78, 5) is 34.1. The summed E-state index contributed by atoms with van der Waals surface area (Å²) in [6, 6.07) is 15.7. The van der Waals surface area contributed by atoms with Crippen molar-refractivity contribution in [3.8, 4) is 0 Å². The summed E-state index contributed by atoms with van der Waals surface area (Å²) in [6.07, 6.45) is 3.27. The van der Waals surface area contributed by atoms with E-state index >= 15 is 0 Å². The molecule has 144 valence electrons. The topological polar surface area (TPSA) is 75.3 Å². The van der Waals surface area contributed by atoms with Gasteiger partial charge in [0, 0.05) is 6.04 Å². The van der Waals surface area contributed by atoms with Gasteiger partial charge in [-0.05, 0) is 49.6 Å². The number of rotatable bonds is 5. The maximum atomic E-state index is 12.5. The third kappa shape index (κ3) is 3.82. The lowest BCUT2D eigenvalue weighted by Gasteiger charge is -2.24. The Morgan fingerprint density at radius 1 is 1.25 bits per heavy atom. The molecule has 4 rings (SSSR count). The molecule has 1 fully saturated rings. The number of H-pyrrole nitrogens is 1. The van der Waals surface area contributed by atoms with Gasteiger partial charge in [-0.25, -0.2) is 9.78 Å². The van der Waals surface area contributed by atoms with Crippen molar-refractivity contribution in [2.75, 3.05) is 13.7 Å². The van der Waals surface area contributed by atoms with Crippen molar-refractivity contribution in [1.29, 1.82) is 0 Å². The van der Waals surface area contributed by atoms with Gasteiger partial charge in [0.05, 0.1) is 30.1 Å². The van der Waals surface area contributed by atoms with E-state index in [1.807, 2.05) is 6.07 Å². The predicted molar refractivity (Wildman–Crippen MR) is 107 cm³/mol. The highest BCUT2D eigenvalue weighted by Crippen LogP contribution is 2.23. The first-order chi connectivity index (χ1) is 13.6. The molecule has 2 aromatic carbocycles. The van der Waals surface area contributed by atoms with Gasteiger partial charge in [0.2, 0.25) is 0 Å². The summed E-state index contributed by atoms with van der Waals surface area (Å²) in [5.74, 6) is 0.187. The van der Waals surface area contributed by atoms with Crippen molar-refractivity contribution in [2.24, 2.45) is 0 Å². The molecule has 6 heteroatoms. The monoisotopic (exact) mass is 377 g/mol. The van der Waals surface area contributed by atoms with E-state index in [-0.39, 0.29) is 5.56 Å². The number of ether oxygens (including phenoxy) is 1. The van der Waals surface area contributed by atoms with Crippen LogP contribution in [0.15, 0.2) is 53.3 Å². The van der Waals surface area contributed by atoms with Crippen LogP contribution in [0.4, 0.5) is 0 Å². The molecule has 2 heterocycles. The van der Waals surface area contributed by atoms with Gasteiger partial charge in [0.25, 0.3) is 5.56 Å². The lowest BCUT2D eigenvalue weighted by molar-refractivity contribution is 0.0601. The van der Waals surface area contributed by atoms with Crippen molar-refractivity contribution in [3.05, 3.63) is 75.8 Å². The number of hydrogen-bond donors (Lipinski definition) is 1. The molecule has 0 saturated carbocycles. The van der Waals surface area contributed by atoms with E-state index in [1.165, 1.54) is 12.7 Å². The second-order valence-electron chi connectivity index (χ2n) is 7.19. The molecule has 1 atom stereocenters. The Labute approximate surface area is 163 Å². The summed E-state index contributed by atoms with van der Waals surface area (Å²) in [5.41, 5.74) is 2.04. The Balaban J connectivity index is 1.58. The number of aromatic nitrogens is 2. The minimum atomic E-state index is -0.437. The van der Waals surface area contributed by atoms with E-state index in [4.69, 9.17) is 4.74 Å². The van der Waals surface area contributed by atoms with E-state index in [2.05, 4.69) is 39.1 Å². The van der Waals surface area contributed by atoms with E-state index < -0.39 is 5.97 Å². The third-order valence-corrected chi connectivity index (χ3v) is 5.34. The van der Waals surface area contributed by atoms with Crippen molar-refractivity contribution < 1.29 is 9.53 Å². The summed E-state index contributed by atoms with van der Waals surface area (Å²) in [7, 11) is 1.34. The molecule has 0 radical (unpaired) electrons. The highest BCUT2D eigenvalue weighted by Gasteiger charge is 2.25. The molecule has 1 aromatic heterocycles. The Bertz CT molecular complexity index is 1050. The molecule has 3 aromatic rings. The zero-order valence-corrected chi connectivity index (χ0v) is 15.9. The molecular formula is C22H23N3O3. The van der Waals surface area contributed by atoms with Crippen LogP contribution in [0.1, 0.15) is 34.6 Å². The van der Waals surface area contributed by atoms with Gasteiger partial charge in [0.15, 0.2) is 0 Å². The number of nitrogens with zero attached hydrogens (tertiary/aromatic N) is 2. The number of hydrogen-bond acceptors (Lipinski definition) is 5. The van der Waals surface area contributed by atoms with Gasteiger partial charge >= 0.3 is 5.97 Å². The minimum absolute atomic E-state index is 0.185. The summed E-state index contributed by atoms with van der Waals surface area (Å²) >= 11 is 0.